The lowest BCUT2D eigenvalue weighted by molar-refractivity contribution is 0.576. The van der Waals surface area contributed by atoms with E-state index in [-0.39, 0.29) is 5.82 Å². The van der Waals surface area contributed by atoms with Crippen LogP contribution in [-0.4, -0.2) is 22.6 Å². The van der Waals surface area contributed by atoms with Crippen molar-refractivity contribution in [3.63, 3.8) is 0 Å². The molecule has 1 aromatic heterocycles. The van der Waals surface area contributed by atoms with E-state index in [2.05, 4.69) is 14.9 Å². The molecule has 2 aromatic rings. The maximum atomic E-state index is 13.3. The zero-order valence-electron chi connectivity index (χ0n) is 11.8. The second-order valence-electron chi connectivity index (χ2n) is 5.61. The minimum absolute atomic E-state index is 0.169. The molecule has 0 aliphatic heterocycles. The van der Waals surface area contributed by atoms with E-state index < -0.39 is 0 Å². The summed E-state index contributed by atoms with van der Waals surface area (Å²) < 4.78 is 15.3. The van der Waals surface area contributed by atoms with Crippen LogP contribution < -0.4 is 5.32 Å². The highest BCUT2D eigenvalue weighted by Gasteiger charge is 2.19. The van der Waals surface area contributed by atoms with E-state index in [1.807, 2.05) is 18.6 Å². The first kappa shape index (κ1) is 13.3. The van der Waals surface area contributed by atoms with Gasteiger partial charge in [0.1, 0.15) is 5.82 Å². The Morgan fingerprint density at radius 1 is 1.40 bits per heavy atom. The van der Waals surface area contributed by atoms with Crippen molar-refractivity contribution < 1.29 is 4.39 Å². The quantitative estimate of drug-likeness (QED) is 0.820. The summed E-state index contributed by atoms with van der Waals surface area (Å²) in [5.74, 6) is 0.744. The number of halogens is 1. The molecule has 4 heteroatoms. The fourth-order valence-corrected chi connectivity index (χ4v) is 2.27. The summed E-state index contributed by atoms with van der Waals surface area (Å²) in [4.78, 5) is 4.40. The number of nitrogens with one attached hydrogen (secondary N) is 1. The van der Waals surface area contributed by atoms with E-state index in [0.717, 1.165) is 36.8 Å². The largest absolute Gasteiger partial charge is 0.336 e. The first-order valence-electron chi connectivity index (χ1n) is 7.21. The van der Waals surface area contributed by atoms with Gasteiger partial charge in [-0.15, -0.1) is 0 Å². The van der Waals surface area contributed by atoms with Gasteiger partial charge < -0.3 is 9.88 Å². The van der Waals surface area contributed by atoms with E-state index in [4.69, 9.17) is 0 Å². The fraction of sp³-hybridized carbons (Fsp3) is 0.438. The van der Waals surface area contributed by atoms with E-state index >= 15 is 0 Å². The average molecular weight is 273 g/mol. The van der Waals surface area contributed by atoms with Crippen LogP contribution in [0.3, 0.4) is 0 Å². The molecular formula is C16H20FN3. The third-order valence-electron chi connectivity index (χ3n) is 3.76. The van der Waals surface area contributed by atoms with Gasteiger partial charge in [0.05, 0.1) is 12.0 Å². The second kappa shape index (κ2) is 5.75. The average Bonchev–Trinajstić information content (AvgIpc) is 3.15. The Labute approximate surface area is 118 Å². The predicted molar refractivity (Wildman–Crippen MR) is 78.0 cm³/mol. The minimum atomic E-state index is -0.169. The summed E-state index contributed by atoms with van der Waals surface area (Å²) >= 11 is 0. The second-order valence-corrected chi connectivity index (χ2v) is 5.61. The van der Waals surface area contributed by atoms with Crippen LogP contribution in [0.4, 0.5) is 4.39 Å². The van der Waals surface area contributed by atoms with Gasteiger partial charge in [0.25, 0.3) is 0 Å². The van der Waals surface area contributed by atoms with Gasteiger partial charge in [-0.1, -0.05) is 0 Å². The molecule has 1 aromatic carbocycles. The smallest absolute Gasteiger partial charge is 0.126 e. The molecule has 1 heterocycles. The number of imidazole rings is 1. The zero-order chi connectivity index (χ0) is 13.9. The van der Waals surface area contributed by atoms with E-state index in [1.165, 1.54) is 18.9 Å². The summed E-state index contributed by atoms with van der Waals surface area (Å²) in [5.41, 5.74) is 2.52. The first-order valence-corrected chi connectivity index (χ1v) is 7.21. The van der Waals surface area contributed by atoms with Gasteiger partial charge in [-0.2, -0.15) is 0 Å². The summed E-state index contributed by atoms with van der Waals surface area (Å²) in [6.07, 6.45) is 6.62. The molecule has 1 fully saturated rings. The van der Waals surface area contributed by atoms with Crippen LogP contribution in [0.2, 0.25) is 0 Å². The monoisotopic (exact) mass is 273 g/mol. The lowest BCUT2D eigenvalue weighted by atomic mass is 10.1. The molecule has 1 N–H and O–H groups in total. The molecule has 0 saturated heterocycles. The molecule has 1 saturated carbocycles. The highest BCUT2D eigenvalue weighted by molar-refractivity contribution is 5.59. The van der Waals surface area contributed by atoms with Crippen LogP contribution >= 0.6 is 0 Å². The summed E-state index contributed by atoms with van der Waals surface area (Å²) in [7, 11) is 0. The molecule has 1 aliphatic carbocycles. The van der Waals surface area contributed by atoms with E-state index in [9.17, 15) is 4.39 Å². The molecule has 0 atom stereocenters. The zero-order valence-corrected chi connectivity index (χ0v) is 11.8. The molecule has 0 radical (unpaired) electrons. The molecule has 3 nitrogen and oxygen atoms in total. The molecule has 0 amide bonds. The lowest BCUT2D eigenvalue weighted by Crippen LogP contribution is -2.21. The molecule has 0 unspecified atom stereocenters. The molecule has 106 valence electrons. The molecule has 0 bridgehead atoms. The van der Waals surface area contributed by atoms with Crippen molar-refractivity contribution in [2.75, 3.05) is 13.1 Å². The maximum absolute atomic E-state index is 13.3. The van der Waals surface area contributed by atoms with Gasteiger partial charge in [0, 0.05) is 24.8 Å². The topological polar surface area (TPSA) is 29.9 Å². The molecule has 20 heavy (non-hydrogen) atoms. The normalized spacial score (nSPS) is 14.7. The molecule has 0 spiro atoms. The third kappa shape index (κ3) is 3.25. The van der Waals surface area contributed by atoms with Crippen LogP contribution in [0, 0.1) is 18.7 Å². The van der Waals surface area contributed by atoms with Gasteiger partial charge >= 0.3 is 0 Å². The van der Waals surface area contributed by atoms with Crippen molar-refractivity contribution >= 4 is 0 Å². The van der Waals surface area contributed by atoms with Crippen molar-refractivity contribution in [2.45, 2.75) is 26.3 Å². The number of hydrogen-bond acceptors (Lipinski definition) is 2. The summed E-state index contributed by atoms with van der Waals surface area (Å²) in [6.45, 7) is 4.80. The Balaban J connectivity index is 1.58. The standard InChI is InChI=1S/C16H20FN3/c1-12-8-14(4-5-15(12)17)16-10-20(11-19-16)7-6-18-9-13-2-3-13/h4-5,8,10-11,13,18H,2-3,6-7,9H2,1H3. The molecule has 1 aliphatic rings. The van der Waals surface area contributed by atoms with E-state index in [0.29, 0.717) is 5.56 Å². The number of hydrogen-bond donors (Lipinski definition) is 1. The van der Waals surface area contributed by atoms with Crippen LogP contribution in [-0.2, 0) is 6.54 Å². The van der Waals surface area contributed by atoms with Gasteiger partial charge in [-0.3, -0.25) is 0 Å². The third-order valence-corrected chi connectivity index (χ3v) is 3.76. The number of nitrogens with zero attached hydrogens (tertiary/aromatic N) is 2. The van der Waals surface area contributed by atoms with Gasteiger partial charge in [0.2, 0.25) is 0 Å². The SMILES string of the molecule is Cc1cc(-c2cn(CCNCC3CC3)cn2)ccc1F. The Kier molecular flexibility index (Phi) is 3.83. The molecular weight excluding hydrogens is 253 g/mol. The van der Waals surface area contributed by atoms with E-state index in [1.54, 1.807) is 13.0 Å². The highest BCUT2D eigenvalue weighted by Crippen LogP contribution is 2.27. The molecule has 3 rings (SSSR count). The Hall–Kier alpha value is -1.68. The van der Waals surface area contributed by atoms with Crippen molar-refractivity contribution in [1.82, 2.24) is 14.9 Å². The maximum Gasteiger partial charge on any atom is 0.126 e. The van der Waals surface area contributed by atoms with Crippen molar-refractivity contribution in [3.05, 3.63) is 42.1 Å². The first-order chi connectivity index (χ1) is 9.72. The highest BCUT2D eigenvalue weighted by atomic mass is 19.1. The Bertz CT molecular complexity index is 587. The summed E-state index contributed by atoms with van der Waals surface area (Å²) in [6, 6.07) is 5.12. The van der Waals surface area contributed by atoms with Crippen LogP contribution in [0.15, 0.2) is 30.7 Å². The number of rotatable bonds is 6. The van der Waals surface area contributed by atoms with Crippen molar-refractivity contribution in [1.29, 1.82) is 0 Å². The Morgan fingerprint density at radius 3 is 3.00 bits per heavy atom. The number of aryl methyl sites for hydroxylation is 1. The van der Waals surface area contributed by atoms with Gasteiger partial charge in [0.15, 0.2) is 0 Å². The fourth-order valence-electron chi connectivity index (χ4n) is 2.27. The van der Waals surface area contributed by atoms with Crippen LogP contribution in [0.5, 0.6) is 0 Å². The Morgan fingerprint density at radius 2 is 2.25 bits per heavy atom. The van der Waals surface area contributed by atoms with Crippen molar-refractivity contribution in [2.24, 2.45) is 5.92 Å². The lowest BCUT2D eigenvalue weighted by Gasteiger charge is -2.04. The minimum Gasteiger partial charge on any atom is -0.336 e. The van der Waals surface area contributed by atoms with Gasteiger partial charge in [-0.25, -0.2) is 9.37 Å². The number of aromatic nitrogens is 2. The van der Waals surface area contributed by atoms with Crippen LogP contribution in [0.1, 0.15) is 18.4 Å². The number of benzene rings is 1. The predicted octanol–water partition coefficient (Wildman–Crippen LogP) is 3.00. The van der Waals surface area contributed by atoms with Gasteiger partial charge in [-0.05, 0) is 56.0 Å². The van der Waals surface area contributed by atoms with Crippen LogP contribution in [0.25, 0.3) is 11.3 Å². The summed E-state index contributed by atoms with van der Waals surface area (Å²) in [5, 5.41) is 3.46. The van der Waals surface area contributed by atoms with Crippen molar-refractivity contribution in [3.8, 4) is 11.3 Å².